The summed E-state index contributed by atoms with van der Waals surface area (Å²) in [5.74, 6) is 0.0303. The Morgan fingerprint density at radius 3 is 2.63 bits per heavy atom. The Kier molecular flexibility index (Phi) is 11.3. The monoisotopic (exact) mass is 286 g/mol. The van der Waals surface area contributed by atoms with Crippen LogP contribution in [0.1, 0.15) is 24.8 Å². The molecule has 0 aliphatic carbocycles. The van der Waals surface area contributed by atoms with E-state index in [1.54, 1.807) is 0 Å². The predicted octanol–water partition coefficient (Wildman–Crippen LogP) is 1.87. The van der Waals surface area contributed by atoms with Crippen LogP contribution in [0, 0.1) is 0 Å². The number of hydrogen-bond donors (Lipinski definition) is 2. The number of halogens is 1. The minimum Gasteiger partial charge on any atom is -0.377 e. The molecule has 4 nitrogen and oxygen atoms in total. The Bertz CT molecular complexity index is 333. The van der Waals surface area contributed by atoms with E-state index in [2.05, 4.69) is 5.32 Å². The van der Waals surface area contributed by atoms with Gasteiger partial charge in [0.2, 0.25) is 5.91 Å². The van der Waals surface area contributed by atoms with Gasteiger partial charge in [0.1, 0.15) is 0 Å². The molecule has 1 aromatic rings. The molecule has 0 fully saturated rings. The van der Waals surface area contributed by atoms with E-state index in [0.29, 0.717) is 26.1 Å². The van der Waals surface area contributed by atoms with Gasteiger partial charge in [0.15, 0.2) is 0 Å². The summed E-state index contributed by atoms with van der Waals surface area (Å²) in [6, 6.07) is 10.1. The first-order valence-electron chi connectivity index (χ1n) is 6.41. The van der Waals surface area contributed by atoms with Crippen molar-refractivity contribution in [1.29, 1.82) is 0 Å². The number of carbonyl (C=O) groups excluding carboxylic acids is 1. The maximum atomic E-state index is 11.1. The van der Waals surface area contributed by atoms with Crippen LogP contribution in [0.2, 0.25) is 0 Å². The van der Waals surface area contributed by atoms with Gasteiger partial charge in [-0.2, -0.15) is 0 Å². The normalized spacial score (nSPS) is 9.74. The summed E-state index contributed by atoms with van der Waals surface area (Å²) in [5, 5.41) is 2.82. The van der Waals surface area contributed by atoms with Gasteiger partial charge in [-0.05, 0) is 18.4 Å². The molecule has 0 aliphatic rings. The maximum absolute atomic E-state index is 11.1. The first-order chi connectivity index (χ1) is 8.83. The molecule has 0 saturated carbocycles. The Labute approximate surface area is 121 Å². The molecular formula is C14H23ClN2O2. The average Bonchev–Trinajstić information content (AvgIpc) is 2.39. The van der Waals surface area contributed by atoms with Gasteiger partial charge in [-0.15, -0.1) is 12.4 Å². The number of rotatable bonds is 9. The molecule has 1 amide bonds. The molecule has 3 N–H and O–H groups in total. The third kappa shape index (κ3) is 9.47. The summed E-state index contributed by atoms with van der Waals surface area (Å²) in [5.41, 5.74) is 6.46. The number of nitrogens with one attached hydrogen (secondary N) is 1. The summed E-state index contributed by atoms with van der Waals surface area (Å²) in [4.78, 5) is 11.1. The molecule has 0 atom stereocenters. The van der Waals surface area contributed by atoms with E-state index in [1.165, 1.54) is 5.56 Å². The van der Waals surface area contributed by atoms with Crippen molar-refractivity contribution in [2.24, 2.45) is 5.73 Å². The molecule has 0 aliphatic heterocycles. The van der Waals surface area contributed by atoms with Crippen molar-refractivity contribution in [1.82, 2.24) is 5.32 Å². The maximum Gasteiger partial charge on any atom is 0.221 e. The standard InChI is InChI=1S/C14H22N2O2.ClH/c15-9-8-14(17)16-10-4-5-11-18-12-13-6-2-1-3-7-13;/h1-3,6-7H,4-5,8-12,15H2,(H,16,17);1H. The molecule has 0 aromatic heterocycles. The third-order valence-electron chi connectivity index (χ3n) is 2.52. The fraction of sp³-hybridized carbons (Fsp3) is 0.500. The molecular weight excluding hydrogens is 264 g/mol. The number of amides is 1. The largest absolute Gasteiger partial charge is 0.377 e. The van der Waals surface area contributed by atoms with Crippen molar-refractivity contribution in [3.63, 3.8) is 0 Å². The van der Waals surface area contributed by atoms with Crippen LogP contribution >= 0.6 is 12.4 Å². The fourth-order valence-corrected chi connectivity index (χ4v) is 1.54. The number of unbranched alkanes of at least 4 members (excludes halogenated alkanes) is 1. The van der Waals surface area contributed by atoms with Gasteiger partial charge in [0.25, 0.3) is 0 Å². The van der Waals surface area contributed by atoms with Crippen LogP contribution in [0.3, 0.4) is 0 Å². The topological polar surface area (TPSA) is 64.4 Å². The zero-order chi connectivity index (χ0) is 13.1. The number of carbonyl (C=O) groups is 1. The molecule has 0 radical (unpaired) electrons. The summed E-state index contributed by atoms with van der Waals surface area (Å²) in [6.45, 7) is 2.49. The second-order valence-electron chi connectivity index (χ2n) is 4.13. The zero-order valence-corrected chi connectivity index (χ0v) is 12.0. The van der Waals surface area contributed by atoms with E-state index in [0.717, 1.165) is 19.4 Å². The Morgan fingerprint density at radius 1 is 1.21 bits per heavy atom. The van der Waals surface area contributed by atoms with Crippen LogP contribution in [0.4, 0.5) is 0 Å². The molecule has 0 heterocycles. The predicted molar refractivity (Wildman–Crippen MR) is 79.3 cm³/mol. The van der Waals surface area contributed by atoms with Crippen molar-refractivity contribution in [3.05, 3.63) is 35.9 Å². The minimum absolute atomic E-state index is 0. The number of benzene rings is 1. The van der Waals surface area contributed by atoms with Gasteiger partial charge in [-0.25, -0.2) is 0 Å². The molecule has 1 aromatic carbocycles. The molecule has 0 saturated heterocycles. The Hall–Kier alpha value is -1.10. The summed E-state index contributed by atoms with van der Waals surface area (Å²) in [7, 11) is 0. The van der Waals surface area contributed by atoms with E-state index in [-0.39, 0.29) is 18.3 Å². The molecule has 5 heteroatoms. The molecule has 0 bridgehead atoms. The van der Waals surface area contributed by atoms with Crippen LogP contribution in [0.15, 0.2) is 30.3 Å². The summed E-state index contributed by atoms with van der Waals surface area (Å²) >= 11 is 0. The lowest BCUT2D eigenvalue weighted by Gasteiger charge is -2.05. The van der Waals surface area contributed by atoms with Gasteiger partial charge >= 0.3 is 0 Å². The second kappa shape index (κ2) is 12.0. The fourth-order valence-electron chi connectivity index (χ4n) is 1.54. The van der Waals surface area contributed by atoms with Gasteiger partial charge < -0.3 is 15.8 Å². The van der Waals surface area contributed by atoms with Gasteiger partial charge in [0.05, 0.1) is 6.61 Å². The Balaban J connectivity index is 0.00000324. The van der Waals surface area contributed by atoms with Crippen molar-refractivity contribution >= 4 is 18.3 Å². The molecule has 0 spiro atoms. The van der Waals surface area contributed by atoms with Crippen LogP contribution in [0.25, 0.3) is 0 Å². The summed E-state index contributed by atoms with van der Waals surface area (Å²) in [6.07, 6.45) is 2.30. The average molecular weight is 287 g/mol. The molecule has 19 heavy (non-hydrogen) atoms. The summed E-state index contributed by atoms with van der Waals surface area (Å²) < 4.78 is 5.54. The number of nitrogens with two attached hydrogens (primary N) is 1. The quantitative estimate of drug-likeness (QED) is 0.681. The highest BCUT2D eigenvalue weighted by Crippen LogP contribution is 2.01. The van der Waals surface area contributed by atoms with E-state index in [9.17, 15) is 4.79 Å². The molecule has 1 rings (SSSR count). The second-order valence-corrected chi connectivity index (χ2v) is 4.13. The van der Waals surface area contributed by atoms with Crippen LogP contribution in [-0.2, 0) is 16.1 Å². The van der Waals surface area contributed by atoms with Crippen molar-refractivity contribution in [3.8, 4) is 0 Å². The van der Waals surface area contributed by atoms with E-state index < -0.39 is 0 Å². The van der Waals surface area contributed by atoms with E-state index >= 15 is 0 Å². The first kappa shape index (κ1) is 17.9. The van der Waals surface area contributed by atoms with Gasteiger partial charge in [-0.3, -0.25) is 4.79 Å². The lowest BCUT2D eigenvalue weighted by atomic mass is 10.2. The molecule has 0 unspecified atom stereocenters. The number of hydrogen-bond acceptors (Lipinski definition) is 3. The van der Waals surface area contributed by atoms with Gasteiger partial charge in [-0.1, -0.05) is 30.3 Å². The lowest BCUT2D eigenvalue weighted by Crippen LogP contribution is -2.26. The number of ether oxygens (including phenoxy) is 1. The van der Waals surface area contributed by atoms with Crippen LogP contribution in [0.5, 0.6) is 0 Å². The first-order valence-corrected chi connectivity index (χ1v) is 6.41. The highest BCUT2D eigenvalue weighted by atomic mass is 35.5. The van der Waals surface area contributed by atoms with Crippen LogP contribution < -0.4 is 11.1 Å². The van der Waals surface area contributed by atoms with Crippen LogP contribution in [-0.4, -0.2) is 25.6 Å². The SMILES string of the molecule is Cl.NCCC(=O)NCCCCOCc1ccccc1. The Morgan fingerprint density at radius 2 is 1.95 bits per heavy atom. The smallest absolute Gasteiger partial charge is 0.221 e. The highest BCUT2D eigenvalue weighted by molar-refractivity contribution is 5.85. The van der Waals surface area contributed by atoms with Gasteiger partial charge in [0, 0.05) is 26.1 Å². The third-order valence-corrected chi connectivity index (χ3v) is 2.52. The van der Waals surface area contributed by atoms with E-state index in [1.807, 2.05) is 30.3 Å². The van der Waals surface area contributed by atoms with Crippen molar-refractivity contribution in [2.45, 2.75) is 25.9 Å². The lowest BCUT2D eigenvalue weighted by molar-refractivity contribution is -0.120. The van der Waals surface area contributed by atoms with E-state index in [4.69, 9.17) is 10.5 Å². The molecule has 108 valence electrons. The minimum atomic E-state index is 0. The van der Waals surface area contributed by atoms with Crippen molar-refractivity contribution < 1.29 is 9.53 Å². The van der Waals surface area contributed by atoms with Crippen molar-refractivity contribution in [2.75, 3.05) is 19.7 Å². The highest BCUT2D eigenvalue weighted by Gasteiger charge is 1.97. The zero-order valence-electron chi connectivity index (χ0n) is 11.1.